The van der Waals surface area contributed by atoms with Gasteiger partial charge in [0.25, 0.3) is 0 Å². The topological polar surface area (TPSA) is 98.1 Å². The van der Waals surface area contributed by atoms with E-state index in [1.54, 1.807) is 9.58 Å². The van der Waals surface area contributed by atoms with Crippen LogP contribution in [0.5, 0.6) is 0 Å². The number of nitrogens with zero attached hydrogens (tertiary/aromatic N) is 5. The zero-order valence-electron chi connectivity index (χ0n) is 13.4. The number of aromatic nitrogens is 4. The summed E-state index contributed by atoms with van der Waals surface area (Å²) >= 11 is 0. The van der Waals surface area contributed by atoms with E-state index < -0.39 is 15.6 Å². The lowest BCUT2D eigenvalue weighted by atomic mass is 10.2. The summed E-state index contributed by atoms with van der Waals surface area (Å²) in [4.78, 5) is 13.9. The maximum atomic E-state index is 12.3. The van der Waals surface area contributed by atoms with E-state index in [2.05, 4.69) is 15.5 Å². The van der Waals surface area contributed by atoms with Gasteiger partial charge in [-0.25, -0.2) is 13.1 Å². The molecule has 22 heavy (non-hydrogen) atoms. The number of tetrazole rings is 1. The molecule has 0 unspecified atom stereocenters. The van der Waals surface area contributed by atoms with Crippen LogP contribution in [0.15, 0.2) is 0 Å². The first-order chi connectivity index (χ1) is 10.2. The lowest BCUT2D eigenvalue weighted by molar-refractivity contribution is -0.131. The molecule has 2 rings (SSSR count). The van der Waals surface area contributed by atoms with Gasteiger partial charge in [-0.2, -0.15) is 0 Å². The highest BCUT2D eigenvalue weighted by Crippen LogP contribution is 2.34. The number of hydrogen-bond donors (Lipinski definition) is 0. The fourth-order valence-corrected chi connectivity index (χ4v) is 3.80. The van der Waals surface area contributed by atoms with Crippen LogP contribution >= 0.6 is 0 Å². The van der Waals surface area contributed by atoms with E-state index in [0.29, 0.717) is 5.82 Å². The Hall–Kier alpha value is -1.51. The Morgan fingerprint density at radius 2 is 1.86 bits per heavy atom. The number of amides is 1. The Balaban J connectivity index is 2.07. The summed E-state index contributed by atoms with van der Waals surface area (Å²) in [7, 11) is -3.60. The molecule has 0 radical (unpaired) electrons. The molecular weight excluding hydrogens is 306 g/mol. The van der Waals surface area contributed by atoms with Gasteiger partial charge in [-0.05, 0) is 51.0 Å². The minimum absolute atomic E-state index is 0.0421. The number of rotatable bonds is 7. The van der Waals surface area contributed by atoms with Gasteiger partial charge in [-0.1, -0.05) is 0 Å². The Labute approximate surface area is 130 Å². The fraction of sp³-hybridized carbons (Fsp3) is 0.846. The van der Waals surface area contributed by atoms with Crippen LogP contribution in [0.25, 0.3) is 0 Å². The Morgan fingerprint density at radius 3 is 2.36 bits per heavy atom. The highest BCUT2D eigenvalue weighted by Gasteiger charge is 2.31. The van der Waals surface area contributed by atoms with Crippen LogP contribution in [0.1, 0.15) is 52.4 Å². The molecule has 0 saturated heterocycles. The Bertz CT molecular complexity index is 626. The first-order valence-electron chi connectivity index (χ1n) is 7.49. The Kier molecular flexibility index (Phi) is 4.84. The average molecular weight is 329 g/mol. The van der Waals surface area contributed by atoms with Crippen LogP contribution < -0.4 is 0 Å². The van der Waals surface area contributed by atoms with E-state index in [4.69, 9.17) is 0 Å². The summed E-state index contributed by atoms with van der Waals surface area (Å²) in [6, 6.07) is 0.123. The van der Waals surface area contributed by atoms with Gasteiger partial charge in [-0.3, -0.25) is 4.79 Å². The van der Waals surface area contributed by atoms with Crippen molar-refractivity contribution in [2.45, 2.75) is 64.4 Å². The van der Waals surface area contributed by atoms with Crippen LogP contribution in [-0.2, 0) is 20.4 Å². The van der Waals surface area contributed by atoms with Crippen LogP contribution in [0.4, 0.5) is 0 Å². The minimum atomic E-state index is -3.60. The second-order valence-electron chi connectivity index (χ2n) is 6.29. The molecule has 1 saturated carbocycles. The van der Waals surface area contributed by atoms with Crippen molar-refractivity contribution in [3.05, 3.63) is 5.82 Å². The zero-order valence-corrected chi connectivity index (χ0v) is 14.2. The molecule has 0 bridgehead atoms. The van der Waals surface area contributed by atoms with Crippen molar-refractivity contribution in [3.63, 3.8) is 0 Å². The zero-order chi connectivity index (χ0) is 16.5. The van der Waals surface area contributed by atoms with Crippen LogP contribution in [0, 0.1) is 0 Å². The molecule has 1 fully saturated rings. The van der Waals surface area contributed by atoms with Gasteiger partial charge < -0.3 is 4.90 Å². The lowest BCUT2D eigenvalue weighted by Gasteiger charge is -2.30. The molecule has 1 heterocycles. The molecule has 1 aromatic heterocycles. The smallest absolute Gasteiger partial charge is 0.238 e. The van der Waals surface area contributed by atoms with Gasteiger partial charge in [0, 0.05) is 12.1 Å². The van der Waals surface area contributed by atoms with Crippen molar-refractivity contribution in [2.24, 2.45) is 0 Å². The molecule has 0 aromatic carbocycles. The molecule has 8 nitrogen and oxygen atoms in total. The van der Waals surface area contributed by atoms with Crippen molar-refractivity contribution in [1.82, 2.24) is 25.1 Å². The van der Waals surface area contributed by atoms with Gasteiger partial charge in [0.2, 0.25) is 5.91 Å². The molecule has 1 amide bonds. The van der Waals surface area contributed by atoms with E-state index in [1.807, 2.05) is 27.7 Å². The van der Waals surface area contributed by atoms with E-state index >= 15 is 0 Å². The molecule has 9 heteroatoms. The van der Waals surface area contributed by atoms with Crippen molar-refractivity contribution >= 4 is 15.7 Å². The Morgan fingerprint density at radius 1 is 1.27 bits per heavy atom. The maximum absolute atomic E-state index is 12.3. The summed E-state index contributed by atoms with van der Waals surface area (Å²) in [5, 5.41) is 11.2. The van der Waals surface area contributed by atoms with Crippen LogP contribution in [0.2, 0.25) is 0 Å². The van der Waals surface area contributed by atoms with Gasteiger partial charge in [0.1, 0.15) is 11.5 Å². The highest BCUT2D eigenvalue weighted by atomic mass is 32.2. The lowest BCUT2D eigenvalue weighted by Crippen LogP contribution is -2.45. The van der Waals surface area contributed by atoms with Gasteiger partial charge >= 0.3 is 0 Å². The molecular formula is C13H23N5O3S. The van der Waals surface area contributed by atoms with Crippen LogP contribution in [0.3, 0.4) is 0 Å². The highest BCUT2D eigenvalue weighted by molar-refractivity contribution is 7.91. The standard InChI is InChI=1S/C13H23N5O3S/c1-9(2)17(10(3)4)13(19)8-22(20,21)7-12-14-15-16-18(12)11-5-6-11/h9-11H,5-8H2,1-4H3. The average Bonchev–Trinajstić information content (AvgIpc) is 3.08. The fourth-order valence-electron chi connectivity index (χ4n) is 2.59. The van der Waals surface area contributed by atoms with Crippen LogP contribution in [-0.4, -0.2) is 57.3 Å². The van der Waals surface area contributed by atoms with E-state index in [9.17, 15) is 13.2 Å². The molecule has 124 valence electrons. The predicted molar refractivity (Wildman–Crippen MR) is 80.7 cm³/mol. The normalized spacial score (nSPS) is 15.5. The van der Waals surface area contributed by atoms with Crippen molar-refractivity contribution in [1.29, 1.82) is 0 Å². The third-order valence-corrected chi connectivity index (χ3v) is 4.93. The monoisotopic (exact) mass is 329 g/mol. The summed E-state index contributed by atoms with van der Waals surface area (Å²) in [6.07, 6.45) is 1.93. The number of carbonyl (C=O) groups is 1. The summed E-state index contributed by atoms with van der Waals surface area (Å²) < 4.78 is 26.2. The third-order valence-electron chi connectivity index (χ3n) is 3.55. The van der Waals surface area contributed by atoms with Crippen molar-refractivity contribution < 1.29 is 13.2 Å². The summed E-state index contributed by atoms with van der Waals surface area (Å²) in [5.74, 6) is -0.876. The first kappa shape index (κ1) is 16.9. The van der Waals surface area contributed by atoms with Gasteiger partial charge in [0.05, 0.1) is 6.04 Å². The molecule has 1 aromatic rings. The summed E-state index contributed by atoms with van der Waals surface area (Å²) in [6.45, 7) is 7.49. The third kappa shape index (κ3) is 4.02. The minimum Gasteiger partial charge on any atom is -0.337 e. The number of hydrogen-bond acceptors (Lipinski definition) is 6. The second kappa shape index (κ2) is 6.31. The van der Waals surface area contributed by atoms with Crippen molar-refractivity contribution in [3.8, 4) is 0 Å². The van der Waals surface area contributed by atoms with E-state index in [0.717, 1.165) is 12.8 Å². The second-order valence-corrected chi connectivity index (χ2v) is 8.36. The van der Waals surface area contributed by atoms with Gasteiger partial charge in [0.15, 0.2) is 15.7 Å². The van der Waals surface area contributed by atoms with Crippen molar-refractivity contribution in [2.75, 3.05) is 5.75 Å². The SMILES string of the molecule is CC(C)N(C(=O)CS(=O)(=O)Cc1nnnn1C1CC1)C(C)C. The quantitative estimate of drug-likeness (QED) is 0.725. The maximum Gasteiger partial charge on any atom is 0.238 e. The number of sulfone groups is 1. The predicted octanol–water partition coefficient (Wildman–Crippen LogP) is 0.568. The molecule has 0 spiro atoms. The van der Waals surface area contributed by atoms with Gasteiger partial charge in [-0.15, -0.1) is 5.10 Å². The molecule has 1 aliphatic carbocycles. The first-order valence-corrected chi connectivity index (χ1v) is 9.31. The van der Waals surface area contributed by atoms with E-state index in [-0.39, 0.29) is 29.8 Å². The molecule has 1 aliphatic rings. The molecule has 0 atom stereocenters. The molecule has 0 aliphatic heterocycles. The largest absolute Gasteiger partial charge is 0.337 e. The number of carbonyl (C=O) groups excluding carboxylic acids is 1. The summed E-state index contributed by atoms with van der Waals surface area (Å²) in [5.41, 5.74) is 0. The molecule has 0 N–H and O–H groups in total. The van der Waals surface area contributed by atoms with E-state index in [1.165, 1.54) is 0 Å².